The molecule has 1 amide bonds. The first-order chi connectivity index (χ1) is 21.0. The van der Waals surface area contributed by atoms with Crippen LogP contribution in [-0.2, 0) is 9.53 Å². The molecule has 5 aromatic rings. The van der Waals surface area contributed by atoms with E-state index in [1.807, 2.05) is 48.5 Å². The summed E-state index contributed by atoms with van der Waals surface area (Å²) < 4.78 is 27.0. The summed E-state index contributed by atoms with van der Waals surface area (Å²) in [4.78, 5) is 35.2. The summed E-state index contributed by atoms with van der Waals surface area (Å²) in [5.41, 5.74) is 4.82. The van der Waals surface area contributed by atoms with Crippen LogP contribution in [0.3, 0.4) is 0 Å². The highest BCUT2D eigenvalue weighted by Crippen LogP contribution is 2.34. The van der Waals surface area contributed by atoms with Gasteiger partial charge in [0.15, 0.2) is 18.1 Å². The lowest BCUT2D eigenvalue weighted by molar-refractivity contribution is -0.119. The highest BCUT2D eigenvalue weighted by molar-refractivity contribution is 5.98. The SMILES string of the molecule is COc1ccc(-c2nc3ccc(C(=O)OCC(=O)Nc4ccc5c(c4)OCCO5)cc3nc2-c2ccc(OC)cc2)cc1. The Morgan fingerprint density at radius 3 is 1.95 bits per heavy atom. The first-order valence-corrected chi connectivity index (χ1v) is 13.5. The van der Waals surface area contributed by atoms with Gasteiger partial charge in [0.2, 0.25) is 0 Å². The fourth-order valence-corrected chi connectivity index (χ4v) is 4.61. The van der Waals surface area contributed by atoms with Crippen molar-refractivity contribution in [1.82, 2.24) is 9.97 Å². The number of fused-ring (bicyclic) bond motifs is 2. The van der Waals surface area contributed by atoms with E-state index in [4.69, 9.17) is 33.7 Å². The molecule has 4 aromatic carbocycles. The van der Waals surface area contributed by atoms with Gasteiger partial charge in [0.1, 0.15) is 24.7 Å². The Labute approximate surface area is 247 Å². The minimum absolute atomic E-state index is 0.242. The highest BCUT2D eigenvalue weighted by Gasteiger charge is 2.18. The minimum Gasteiger partial charge on any atom is -0.497 e. The number of hydrogen-bond acceptors (Lipinski definition) is 9. The molecule has 1 aliphatic rings. The lowest BCUT2D eigenvalue weighted by atomic mass is 10.0. The second kappa shape index (κ2) is 12.1. The van der Waals surface area contributed by atoms with E-state index in [0.717, 1.165) is 16.9 Å². The number of methoxy groups -OCH3 is 2. The molecule has 1 aliphatic heterocycles. The number of nitrogens with one attached hydrogen (secondary N) is 1. The molecule has 2 heterocycles. The van der Waals surface area contributed by atoms with Gasteiger partial charge in [0, 0.05) is 22.9 Å². The van der Waals surface area contributed by atoms with E-state index in [0.29, 0.717) is 58.6 Å². The summed E-state index contributed by atoms with van der Waals surface area (Å²) >= 11 is 0. The van der Waals surface area contributed by atoms with Gasteiger partial charge in [-0.15, -0.1) is 0 Å². The summed E-state index contributed by atoms with van der Waals surface area (Å²) in [6.07, 6.45) is 0. The Kier molecular flexibility index (Phi) is 7.73. The van der Waals surface area contributed by atoms with Crippen LogP contribution in [0.1, 0.15) is 10.4 Å². The van der Waals surface area contributed by atoms with Crippen molar-refractivity contribution in [1.29, 1.82) is 0 Å². The van der Waals surface area contributed by atoms with Crippen molar-refractivity contribution in [2.24, 2.45) is 0 Å². The number of nitrogens with zero attached hydrogens (tertiary/aromatic N) is 2. The molecular weight excluding hydrogens is 550 g/mol. The standard InChI is InChI=1S/C33H27N3O7/c1-39-24-9-3-20(4-10-24)31-32(21-5-11-25(40-2)12-6-21)36-27-17-22(7-13-26(27)35-31)33(38)43-19-30(37)34-23-8-14-28-29(18-23)42-16-15-41-28/h3-14,17-18H,15-16,19H2,1-2H3,(H,34,37). The van der Waals surface area contributed by atoms with Crippen molar-refractivity contribution in [3.8, 4) is 45.5 Å². The third kappa shape index (κ3) is 6.03. The molecule has 1 aromatic heterocycles. The van der Waals surface area contributed by atoms with Gasteiger partial charge in [-0.3, -0.25) is 4.79 Å². The maximum absolute atomic E-state index is 12.9. The van der Waals surface area contributed by atoms with Crippen LogP contribution in [0.5, 0.6) is 23.0 Å². The van der Waals surface area contributed by atoms with E-state index in [1.54, 1.807) is 50.6 Å². The molecule has 0 saturated carbocycles. The van der Waals surface area contributed by atoms with Gasteiger partial charge >= 0.3 is 5.97 Å². The van der Waals surface area contributed by atoms with Gasteiger partial charge in [-0.1, -0.05) is 0 Å². The van der Waals surface area contributed by atoms with E-state index in [1.165, 1.54) is 0 Å². The molecule has 0 saturated heterocycles. The van der Waals surface area contributed by atoms with E-state index in [2.05, 4.69) is 5.32 Å². The van der Waals surface area contributed by atoms with E-state index < -0.39 is 18.5 Å². The molecule has 0 unspecified atom stereocenters. The fraction of sp³-hybridized carbons (Fsp3) is 0.152. The first kappa shape index (κ1) is 27.5. The van der Waals surface area contributed by atoms with Gasteiger partial charge in [-0.2, -0.15) is 0 Å². The molecule has 0 bridgehead atoms. The summed E-state index contributed by atoms with van der Waals surface area (Å²) in [7, 11) is 3.22. The maximum atomic E-state index is 12.9. The van der Waals surface area contributed by atoms with Crippen LogP contribution in [0.15, 0.2) is 84.9 Å². The monoisotopic (exact) mass is 577 g/mol. The number of aromatic nitrogens is 2. The second-order valence-corrected chi connectivity index (χ2v) is 9.56. The predicted octanol–water partition coefficient (Wildman–Crippen LogP) is 5.55. The number of carbonyl (C=O) groups excluding carboxylic acids is 2. The Hall–Kier alpha value is -5.64. The first-order valence-electron chi connectivity index (χ1n) is 13.5. The number of carbonyl (C=O) groups is 2. The van der Waals surface area contributed by atoms with Crippen LogP contribution < -0.4 is 24.3 Å². The molecule has 216 valence electrons. The molecule has 0 radical (unpaired) electrons. The van der Waals surface area contributed by atoms with Crippen molar-refractivity contribution in [3.05, 3.63) is 90.5 Å². The zero-order valence-corrected chi connectivity index (χ0v) is 23.5. The minimum atomic E-state index is -0.661. The quantitative estimate of drug-likeness (QED) is 0.237. The molecule has 43 heavy (non-hydrogen) atoms. The smallest absolute Gasteiger partial charge is 0.338 e. The van der Waals surface area contributed by atoms with Crippen LogP contribution in [0, 0.1) is 0 Å². The van der Waals surface area contributed by atoms with Crippen molar-refractivity contribution < 1.29 is 33.3 Å². The van der Waals surface area contributed by atoms with Crippen molar-refractivity contribution in [2.75, 3.05) is 39.4 Å². The molecule has 0 aliphatic carbocycles. The molecule has 0 atom stereocenters. The average molecular weight is 578 g/mol. The number of esters is 1. The molecule has 6 rings (SSSR count). The lowest BCUT2D eigenvalue weighted by Gasteiger charge is -2.19. The zero-order valence-electron chi connectivity index (χ0n) is 23.5. The molecule has 0 fully saturated rings. The van der Waals surface area contributed by atoms with Crippen LogP contribution in [0.2, 0.25) is 0 Å². The van der Waals surface area contributed by atoms with E-state index in [9.17, 15) is 9.59 Å². The van der Waals surface area contributed by atoms with Gasteiger partial charge in [0.05, 0.1) is 42.2 Å². The van der Waals surface area contributed by atoms with Gasteiger partial charge in [-0.25, -0.2) is 14.8 Å². The third-order valence-corrected chi connectivity index (χ3v) is 6.79. The Bertz CT molecular complexity index is 1810. The Morgan fingerprint density at radius 1 is 0.721 bits per heavy atom. The Balaban J connectivity index is 1.23. The van der Waals surface area contributed by atoms with Crippen LogP contribution >= 0.6 is 0 Å². The normalized spacial score (nSPS) is 12.0. The van der Waals surface area contributed by atoms with Crippen LogP contribution in [-0.4, -0.2) is 55.9 Å². The van der Waals surface area contributed by atoms with Gasteiger partial charge < -0.3 is 29.0 Å². The van der Waals surface area contributed by atoms with E-state index >= 15 is 0 Å². The number of ether oxygens (including phenoxy) is 5. The second-order valence-electron chi connectivity index (χ2n) is 9.56. The van der Waals surface area contributed by atoms with Gasteiger partial charge in [-0.05, 0) is 78.9 Å². The largest absolute Gasteiger partial charge is 0.497 e. The molecule has 10 heteroatoms. The average Bonchev–Trinajstić information content (AvgIpc) is 3.06. The summed E-state index contributed by atoms with van der Waals surface area (Å²) in [5.74, 6) is 1.45. The number of benzene rings is 4. The number of hydrogen-bond donors (Lipinski definition) is 1. The zero-order chi connectivity index (χ0) is 29.8. The number of rotatable bonds is 8. The summed E-state index contributed by atoms with van der Waals surface area (Å²) in [5, 5.41) is 2.70. The van der Waals surface area contributed by atoms with Crippen molar-refractivity contribution in [3.63, 3.8) is 0 Å². The number of amides is 1. The van der Waals surface area contributed by atoms with Crippen molar-refractivity contribution in [2.45, 2.75) is 0 Å². The lowest BCUT2D eigenvalue weighted by Crippen LogP contribution is -2.21. The van der Waals surface area contributed by atoms with Crippen LogP contribution in [0.4, 0.5) is 5.69 Å². The molecular formula is C33H27N3O7. The predicted molar refractivity (Wildman–Crippen MR) is 160 cm³/mol. The molecule has 0 spiro atoms. The highest BCUT2D eigenvalue weighted by atomic mass is 16.6. The maximum Gasteiger partial charge on any atom is 0.338 e. The number of anilines is 1. The van der Waals surface area contributed by atoms with Crippen LogP contribution in [0.25, 0.3) is 33.5 Å². The summed E-state index contributed by atoms with van der Waals surface area (Å²) in [6, 6.07) is 25.1. The fourth-order valence-electron chi connectivity index (χ4n) is 4.61. The molecule has 1 N–H and O–H groups in total. The topological polar surface area (TPSA) is 118 Å². The third-order valence-electron chi connectivity index (χ3n) is 6.79. The Morgan fingerprint density at radius 2 is 1.33 bits per heavy atom. The molecule has 10 nitrogen and oxygen atoms in total. The van der Waals surface area contributed by atoms with Crippen molar-refractivity contribution >= 4 is 28.6 Å². The van der Waals surface area contributed by atoms with Gasteiger partial charge in [0.25, 0.3) is 5.91 Å². The summed E-state index contributed by atoms with van der Waals surface area (Å²) in [6.45, 7) is 0.439. The van der Waals surface area contributed by atoms with E-state index in [-0.39, 0.29) is 5.56 Å².